The minimum atomic E-state index is 0.486. The summed E-state index contributed by atoms with van der Waals surface area (Å²) in [5, 5.41) is 3.44. The van der Waals surface area contributed by atoms with Crippen LogP contribution in [0.15, 0.2) is 41.4 Å². The Morgan fingerprint density at radius 2 is 2.21 bits per heavy atom. The predicted octanol–water partition coefficient (Wildman–Crippen LogP) is 3.50. The number of hydrogen-bond acceptors (Lipinski definition) is 1. The van der Waals surface area contributed by atoms with Gasteiger partial charge >= 0.3 is 0 Å². The van der Waals surface area contributed by atoms with Gasteiger partial charge in [-0.05, 0) is 25.0 Å². The maximum Gasteiger partial charge on any atom is 0.0220 e. The van der Waals surface area contributed by atoms with Crippen LogP contribution in [0.4, 0.5) is 0 Å². The van der Waals surface area contributed by atoms with Gasteiger partial charge in [-0.2, -0.15) is 0 Å². The molecular weight excluding hydrogens is 238 g/mol. The van der Waals surface area contributed by atoms with Crippen LogP contribution in [0, 0.1) is 0 Å². The SMILES string of the molecule is C=CCC(C)NCc1ccccc1Br. The third kappa shape index (κ3) is 3.64. The van der Waals surface area contributed by atoms with Gasteiger partial charge in [-0.1, -0.05) is 40.2 Å². The van der Waals surface area contributed by atoms with E-state index in [1.807, 2.05) is 12.1 Å². The quantitative estimate of drug-likeness (QED) is 0.793. The number of benzene rings is 1. The molecule has 1 atom stereocenters. The first-order valence-electron chi connectivity index (χ1n) is 4.81. The molecule has 0 spiro atoms. The summed E-state index contributed by atoms with van der Waals surface area (Å²) in [6.07, 6.45) is 2.95. The fraction of sp³-hybridized carbons (Fsp3) is 0.333. The number of nitrogens with one attached hydrogen (secondary N) is 1. The number of halogens is 1. The molecule has 0 radical (unpaired) electrons. The topological polar surface area (TPSA) is 12.0 Å². The minimum Gasteiger partial charge on any atom is -0.310 e. The van der Waals surface area contributed by atoms with Crippen molar-refractivity contribution < 1.29 is 0 Å². The Morgan fingerprint density at radius 1 is 1.50 bits per heavy atom. The molecule has 0 aliphatic carbocycles. The molecule has 1 nitrogen and oxygen atoms in total. The highest BCUT2D eigenvalue weighted by Gasteiger charge is 2.01. The molecule has 0 fully saturated rings. The Balaban J connectivity index is 2.45. The standard InChI is InChI=1S/C12H16BrN/c1-3-6-10(2)14-9-11-7-4-5-8-12(11)13/h3-5,7-8,10,14H,1,6,9H2,2H3. The van der Waals surface area contributed by atoms with Gasteiger partial charge in [0.2, 0.25) is 0 Å². The van der Waals surface area contributed by atoms with Crippen LogP contribution >= 0.6 is 15.9 Å². The van der Waals surface area contributed by atoms with Crippen molar-refractivity contribution in [3.8, 4) is 0 Å². The maximum atomic E-state index is 3.72. The van der Waals surface area contributed by atoms with Crippen molar-refractivity contribution >= 4 is 15.9 Å². The molecule has 0 aliphatic rings. The summed E-state index contributed by atoms with van der Waals surface area (Å²) in [7, 11) is 0. The van der Waals surface area contributed by atoms with Gasteiger partial charge < -0.3 is 5.32 Å². The third-order valence-corrected chi connectivity index (χ3v) is 2.89. The van der Waals surface area contributed by atoms with Crippen LogP contribution in [-0.4, -0.2) is 6.04 Å². The van der Waals surface area contributed by atoms with E-state index < -0.39 is 0 Å². The Morgan fingerprint density at radius 3 is 2.86 bits per heavy atom. The van der Waals surface area contributed by atoms with Crippen LogP contribution < -0.4 is 5.32 Å². The molecule has 14 heavy (non-hydrogen) atoms. The summed E-state index contributed by atoms with van der Waals surface area (Å²) in [4.78, 5) is 0. The first kappa shape index (κ1) is 11.5. The summed E-state index contributed by atoms with van der Waals surface area (Å²) in [6.45, 7) is 6.79. The Bertz CT molecular complexity index is 296. The van der Waals surface area contributed by atoms with E-state index in [1.165, 1.54) is 10.0 Å². The van der Waals surface area contributed by atoms with Gasteiger partial charge in [0.05, 0.1) is 0 Å². The van der Waals surface area contributed by atoms with Crippen molar-refractivity contribution in [1.29, 1.82) is 0 Å². The maximum absolute atomic E-state index is 3.72. The highest BCUT2D eigenvalue weighted by Crippen LogP contribution is 2.15. The van der Waals surface area contributed by atoms with Crippen LogP contribution in [0.1, 0.15) is 18.9 Å². The van der Waals surface area contributed by atoms with Crippen molar-refractivity contribution in [1.82, 2.24) is 5.32 Å². The molecule has 0 saturated carbocycles. The normalized spacial score (nSPS) is 12.4. The first-order valence-corrected chi connectivity index (χ1v) is 5.61. The minimum absolute atomic E-state index is 0.486. The zero-order valence-electron chi connectivity index (χ0n) is 8.46. The van der Waals surface area contributed by atoms with Crippen LogP contribution in [0.3, 0.4) is 0 Å². The predicted molar refractivity (Wildman–Crippen MR) is 65.3 cm³/mol. The highest BCUT2D eigenvalue weighted by molar-refractivity contribution is 9.10. The van der Waals surface area contributed by atoms with E-state index in [2.05, 4.69) is 52.9 Å². The highest BCUT2D eigenvalue weighted by atomic mass is 79.9. The molecule has 0 heterocycles. The van der Waals surface area contributed by atoms with Crippen LogP contribution in [0.2, 0.25) is 0 Å². The second-order valence-electron chi connectivity index (χ2n) is 3.40. The van der Waals surface area contributed by atoms with Gasteiger partial charge in [-0.25, -0.2) is 0 Å². The van der Waals surface area contributed by atoms with Crippen molar-refractivity contribution in [3.05, 3.63) is 47.0 Å². The summed E-state index contributed by atoms with van der Waals surface area (Å²) < 4.78 is 1.17. The summed E-state index contributed by atoms with van der Waals surface area (Å²) >= 11 is 3.53. The smallest absolute Gasteiger partial charge is 0.0220 e. The van der Waals surface area contributed by atoms with Gasteiger partial charge in [0.1, 0.15) is 0 Å². The van der Waals surface area contributed by atoms with E-state index >= 15 is 0 Å². The molecule has 2 heteroatoms. The van der Waals surface area contributed by atoms with E-state index in [9.17, 15) is 0 Å². The average Bonchev–Trinajstić information content (AvgIpc) is 2.17. The molecule has 0 aliphatic heterocycles. The number of hydrogen-bond donors (Lipinski definition) is 1. The molecule has 0 aromatic heterocycles. The molecule has 1 N–H and O–H groups in total. The van der Waals surface area contributed by atoms with Crippen molar-refractivity contribution in [3.63, 3.8) is 0 Å². The van der Waals surface area contributed by atoms with Crippen LogP contribution in [0.25, 0.3) is 0 Å². The third-order valence-electron chi connectivity index (χ3n) is 2.12. The fourth-order valence-electron chi connectivity index (χ4n) is 1.26. The molecule has 0 amide bonds. The lowest BCUT2D eigenvalue weighted by Crippen LogP contribution is -2.24. The zero-order chi connectivity index (χ0) is 10.4. The van der Waals surface area contributed by atoms with Crippen LogP contribution in [-0.2, 0) is 6.54 Å². The molecule has 0 bridgehead atoms. The summed E-state index contributed by atoms with van der Waals surface area (Å²) in [5.74, 6) is 0. The molecule has 1 unspecified atom stereocenters. The second-order valence-corrected chi connectivity index (χ2v) is 4.25. The lowest BCUT2D eigenvalue weighted by Gasteiger charge is -2.12. The monoisotopic (exact) mass is 253 g/mol. The number of rotatable bonds is 5. The van der Waals surface area contributed by atoms with Crippen molar-refractivity contribution in [2.24, 2.45) is 0 Å². The van der Waals surface area contributed by atoms with Crippen molar-refractivity contribution in [2.45, 2.75) is 25.9 Å². The molecule has 0 saturated heterocycles. The Hall–Kier alpha value is -0.600. The zero-order valence-corrected chi connectivity index (χ0v) is 10.0. The van der Waals surface area contributed by atoms with Crippen molar-refractivity contribution in [2.75, 3.05) is 0 Å². The molecule has 1 rings (SSSR count). The summed E-state index contributed by atoms with van der Waals surface area (Å²) in [5.41, 5.74) is 1.29. The van der Waals surface area contributed by atoms with Gasteiger partial charge in [0.15, 0.2) is 0 Å². The van der Waals surface area contributed by atoms with Gasteiger partial charge in [-0.3, -0.25) is 0 Å². The average molecular weight is 254 g/mol. The van der Waals surface area contributed by atoms with E-state index in [-0.39, 0.29) is 0 Å². The van der Waals surface area contributed by atoms with Gasteiger partial charge in [0.25, 0.3) is 0 Å². The fourth-order valence-corrected chi connectivity index (χ4v) is 1.68. The van der Waals surface area contributed by atoms with Gasteiger partial charge in [0, 0.05) is 17.1 Å². The largest absolute Gasteiger partial charge is 0.310 e. The van der Waals surface area contributed by atoms with E-state index in [0.717, 1.165) is 13.0 Å². The molecule has 76 valence electrons. The first-order chi connectivity index (χ1) is 6.74. The van der Waals surface area contributed by atoms with Gasteiger partial charge in [-0.15, -0.1) is 6.58 Å². The lowest BCUT2D eigenvalue weighted by molar-refractivity contribution is 0.553. The van der Waals surface area contributed by atoms with E-state index in [0.29, 0.717) is 6.04 Å². The molecular formula is C12H16BrN. The Labute approximate surface area is 94.3 Å². The Kier molecular flexibility index (Phi) is 4.91. The van der Waals surface area contributed by atoms with Crippen LogP contribution in [0.5, 0.6) is 0 Å². The van der Waals surface area contributed by atoms with E-state index in [4.69, 9.17) is 0 Å². The lowest BCUT2D eigenvalue weighted by atomic mass is 10.2. The van der Waals surface area contributed by atoms with E-state index in [1.54, 1.807) is 0 Å². The second kappa shape index (κ2) is 5.99. The summed E-state index contributed by atoms with van der Waals surface area (Å²) in [6, 6.07) is 8.76. The molecule has 1 aromatic carbocycles. The molecule has 1 aromatic rings.